The van der Waals surface area contributed by atoms with E-state index in [9.17, 15) is 4.79 Å². The first-order valence-corrected chi connectivity index (χ1v) is 10.2. The van der Waals surface area contributed by atoms with Gasteiger partial charge in [0.1, 0.15) is 5.60 Å². The van der Waals surface area contributed by atoms with Crippen molar-refractivity contribution in [2.45, 2.75) is 53.1 Å². The highest BCUT2D eigenvalue weighted by molar-refractivity contribution is 8.13. The second kappa shape index (κ2) is 10.7. The van der Waals surface area contributed by atoms with Crippen molar-refractivity contribution in [1.29, 1.82) is 0 Å². The molecule has 0 saturated carbocycles. The Labute approximate surface area is 162 Å². The van der Waals surface area contributed by atoms with Gasteiger partial charge in [0.05, 0.1) is 10.7 Å². The molecule has 2 N–H and O–H groups in total. The predicted molar refractivity (Wildman–Crippen MR) is 110 cm³/mol. The number of rotatable bonds is 6. The first kappa shape index (κ1) is 22.6. The summed E-state index contributed by atoms with van der Waals surface area (Å²) in [6.45, 7) is 11.3. The lowest BCUT2D eigenvalue weighted by molar-refractivity contribution is 0.0202. The van der Waals surface area contributed by atoms with E-state index in [0.29, 0.717) is 19.0 Å². The Bertz CT molecular complexity index is 508. The summed E-state index contributed by atoms with van der Waals surface area (Å²) in [7, 11) is 3.78. The molecule has 1 fully saturated rings. The van der Waals surface area contributed by atoms with E-state index in [1.165, 1.54) is 0 Å². The number of allylic oxidation sites excluding steroid dienone is 1. The third kappa shape index (κ3) is 7.86. The zero-order valence-corrected chi connectivity index (χ0v) is 18.1. The van der Waals surface area contributed by atoms with E-state index in [4.69, 9.17) is 9.84 Å². The van der Waals surface area contributed by atoms with Gasteiger partial charge in [0, 0.05) is 39.3 Å². The van der Waals surface area contributed by atoms with Crippen molar-refractivity contribution in [2.75, 3.05) is 32.9 Å². The molecule has 0 bridgehead atoms. The second-order valence-corrected chi connectivity index (χ2v) is 8.60. The number of nitrogens with zero attached hydrogens (tertiary/aromatic N) is 3. The van der Waals surface area contributed by atoms with Crippen molar-refractivity contribution in [3.8, 4) is 0 Å². The summed E-state index contributed by atoms with van der Waals surface area (Å²) in [5, 5.41) is 7.84. The van der Waals surface area contributed by atoms with Gasteiger partial charge in [0.15, 0.2) is 0 Å². The third-order valence-electron chi connectivity index (χ3n) is 3.97. The number of hydrazine groups is 1. The zero-order valence-electron chi connectivity index (χ0n) is 17.3. The molecular formula is C18H35N5O2S. The smallest absolute Gasteiger partial charge is 0.410 e. The standard InChI is InChI=1S/C18H35N5O2S/c1-8-26-16(21-22(7)14(2)13-20-19-6)15-9-11-23(12-10-15)17(24)25-18(3,4)5/h13,15,19-20H,8-12H2,1-7H3/b14-13-,21-16-. The Morgan fingerprint density at radius 1 is 1.38 bits per heavy atom. The molecule has 0 atom stereocenters. The Kier molecular flexibility index (Phi) is 9.29. The van der Waals surface area contributed by atoms with Crippen LogP contribution in [0.5, 0.6) is 0 Å². The second-order valence-electron chi connectivity index (χ2n) is 7.32. The van der Waals surface area contributed by atoms with E-state index in [1.54, 1.807) is 11.8 Å². The lowest BCUT2D eigenvalue weighted by atomic mass is 9.98. The molecule has 0 unspecified atom stereocenters. The van der Waals surface area contributed by atoms with Crippen molar-refractivity contribution >= 4 is 22.9 Å². The van der Waals surface area contributed by atoms with E-state index < -0.39 is 5.60 Å². The molecular weight excluding hydrogens is 350 g/mol. The van der Waals surface area contributed by atoms with Crippen LogP contribution in [0.4, 0.5) is 4.79 Å². The van der Waals surface area contributed by atoms with Gasteiger partial charge in [-0.15, -0.1) is 11.8 Å². The van der Waals surface area contributed by atoms with Crippen LogP contribution in [0.15, 0.2) is 17.0 Å². The summed E-state index contributed by atoms with van der Waals surface area (Å²) in [6, 6.07) is 0. The normalized spacial score (nSPS) is 17.3. The minimum atomic E-state index is -0.452. The van der Waals surface area contributed by atoms with Gasteiger partial charge in [-0.05, 0) is 46.3 Å². The number of likely N-dealkylation sites (tertiary alicyclic amines) is 1. The van der Waals surface area contributed by atoms with E-state index in [0.717, 1.165) is 29.3 Å². The number of nitrogens with one attached hydrogen (secondary N) is 2. The topological polar surface area (TPSA) is 69.2 Å². The minimum Gasteiger partial charge on any atom is -0.444 e. The fraction of sp³-hybridized carbons (Fsp3) is 0.778. The Balaban J connectivity index is 2.70. The van der Waals surface area contributed by atoms with Crippen LogP contribution in [-0.4, -0.2) is 59.6 Å². The molecule has 150 valence electrons. The van der Waals surface area contributed by atoms with E-state index in [2.05, 4.69) is 17.8 Å². The lowest BCUT2D eigenvalue weighted by Gasteiger charge is -2.34. The van der Waals surface area contributed by atoms with Crippen molar-refractivity contribution in [2.24, 2.45) is 11.0 Å². The average Bonchev–Trinajstić information content (AvgIpc) is 2.57. The van der Waals surface area contributed by atoms with Crippen molar-refractivity contribution < 1.29 is 9.53 Å². The van der Waals surface area contributed by atoms with E-state index in [-0.39, 0.29) is 6.09 Å². The summed E-state index contributed by atoms with van der Waals surface area (Å²) in [6.07, 6.45) is 3.49. The number of carbonyl (C=O) groups excluding carboxylic acids is 1. The highest BCUT2D eigenvalue weighted by Crippen LogP contribution is 2.26. The van der Waals surface area contributed by atoms with Gasteiger partial charge in [-0.1, -0.05) is 6.92 Å². The van der Waals surface area contributed by atoms with Crippen LogP contribution in [0, 0.1) is 5.92 Å². The first-order chi connectivity index (χ1) is 12.2. The lowest BCUT2D eigenvalue weighted by Crippen LogP contribution is -2.42. The van der Waals surface area contributed by atoms with Gasteiger partial charge in [-0.25, -0.2) is 10.2 Å². The average molecular weight is 386 g/mol. The number of amides is 1. The molecule has 0 aromatic heterocycles. The molecule has 1 amide bonds. The third-order valence-corrected chi connectivity index (χ3v) is 4.97. The highest BCUT2D eigenvalue weighted by atomic mass is 32.2. The van der Waals surface area contributed by atoms with Gasteiger partial charge in [-0.3, -0.25) is 5.01 Å². The highest BCUT2D eigenvalue weighted by Gasteiger charge is 2.29. The molecule has 1 aliphatic heterocycles. The molecule has 7 nitrogen and oxygen atoms in total. The largest absolute Gasteiger partial charge is 0.444 e. The molecule has 1 heterocycles. The van der Waals surface area contributed by atoms with Gasteiger partial charge in [-0.2, -0.15) is 5.10 Å². The molecule has 0 aliphatic carbocycles. The molecule has 26 heavy (non-hydrogen) atoms. The Morgan fingerprint density at radius 2 is 2.00 bits per heavy atom. The summed E-state index contributed by atoms with van der Waals surface area (Å²) in [4.78, 5) is 14.0. The van der Waals surface area contributed by atoms with Crippen LogP contribution >= 0.6 is 11.8 Å². The van der Waals surface area contributed by atoms with E-state index in [1.807, 2.05) is 57.9 Å². The quantitative estimate of drug-likeness (QED) is 0.416. The fourth-order valence-electron chi connectivity index (χ4n) is 2.51. The van der Waals surface area contributed by atoms with Crippen molar-refractivity contribution in [3.63, 3.8) is 0 Å². The van der Waals surface area contributed by atoms with Gasteiger partial charge < -0.3 is 15.1 Å². The number of carbonyl (C=O) groups is 1. The first-order valence-electron chi connectivity index (χ1n) is 9.20. The van der Waals surface area contributed by atoms with Crippen LogP contribution in [0.1, 0.15) is 47.5 Å². The number of piperidine rings is 1. The van der Waals surface area contributed by atoms with Gasteiger partial charge in [0.25, 0.3) is 0 Å². The summed E-state index contributed by atoms with van der Waals surface area (Å²) < 4.78 is 5.48. The predicted octanol–water partition coefficient (Wildman–Crippen LogP) is 3.22. The van der Waals surface area contributed by atoms with Crippen LogP contribution in [0.3, 0.4) is 0 Å². The molecule has 1 rings (SSSR count). The molecule has 0 aromatic rings. The summed E-state index contributed by atoms with van der Waals surface area (Å²) in [5.41, 5.74) is 6.40. The molecule has 0 radical (unpaired) electrons. The minimum absolute atomic E-state index is 0.216. The summed E-state index contributed by atoms with van der Waals surface area (Å²) >= 11 is 1.78. The number of ether oxygens (including phenoxy) is 1. The van der Waals surface area contributed by atoms with Gasteiger partial charge in [0.2, 0.25) is 0 Å². The zero-order chi connectivity index (χ0) is 19.7. The molecule has 8 heteroatoms. The molecule has 0 aromatic carbocycles. The van der Waals surface area contributed by atoms with Crippen LogP contribution < -0.4 is 10.9 Å². The SMILES string of the molecule is CCS/C(=N\N(C)/C(C)=C\NNC)C1CCN(C(=O)OC(C)(C)C)CC1. The Morgan fingerprint density at radius 3 is 2.50 bits per heavy atom. The maximum Gasteiger partial charge on any atom is 0.410 e. The summed E-state index contributed by atoms with van der Waals surface area (Å²) in [5.74, 6) is 1.36. The number of hydrogen-bond acceptors (Lipinski definition) is 7. The number of hydrogen-bond donors (Lipinski definition) is 2. The molecule has 0 spiro atoms. The van der Waals surface area contributed by atoms with Crippen LogP contribution in [0.2, 0.25) is 0 Å². The molecule has 1 saturated heterocycles. The van der Waals surface area contributed by atoms with Crippen LogP contribution in [-0.2, 0) is 4.74 Å². The Hall–Kier alpha value is -1.41. The maximum atomic E-state index is 12.2. The number of thioether (sulfide) groups is 1. The monoisotopic (exact) mass is 385 g/mol. The van der Waals surface area contributed by atoms with Crippen molar-refractivity contribution in [3.05, 3.63) is 11.9 Å². The van der Waals surface area contributed by atoms with Crippen LogP contribution in [0.25, 0.3) is 0 Å². The number of hydrazone groups is 1. The van der Waals surface area contributed by atoms with E-state index >= 15 is 0 Å². The van der Waals surface area contributed by atoms with Gasteiger partial charge >= 0.3 is 6.09 Å². The maximum absolute atomic E-state index is 12.2. The fourth-order valence-corrected chi connectivity index (χ4v) is 3.46. The van der Waals surface area contributed by atoms with Crippen molar-refractivity contribution in [1.82, 2.24) is 20.8 Å². The molecule has 1 aliphatic rings.